The van der Waals surface area contributed by atoms with Gasteiger partial charge in [-0.3, -0.25) is 4.90 Å². The number of benzene rings is 1. The molecule has 1 aliphatic carbocycles. The molecule has 0 amide bonds. The number of aliphatic imine (C=N–C) groups is 1. The predicted octanol–water partition coefficient (Wildman–Crippen LogP) is 3.21. The Kier molecular flexibility index (Phi) is 13.2. The standard InChI is InChI=1S/C14H20N2.C8H8FN.C7H8N.Na/c1-12(14-9-6-10-16(14)2)15-11-13-7-4-3-5-8-13;9-8-7(6-3-4-6)2-1-5-10-8;1-2-4-7-5-3-6-8-7;/h3-5,7-8,14-15H,1,6,9-11H2,2H3;1-2,5-6H,3-4H2;2,6H,1,4-5H2;/q;;-1;+1. The third-order valence-electron chi connectivity index (χ3n) is 6.11. The number of rotatable bonds is 7. The van der Waals surface area contributed by atoms with Crippen LogP contribution in [0.5, 0.6) is 0 Å². The van der Waals surface area contributed by atoms with Crippen molar-refractivity contribution in [3.8, 4) is 0 Å². The summed E-state index contributed by atoms with van der Waals surface area (Å²) in [5, 5.41) is 3.44. The summed E-state index contributed by atoms with van der Waals surface area (Å²) in [5.74, 6) is 0.179. The quantitative estimate of drug-likeness (QED) is 0.285. The molecule has 2 aromatic rings. The van der Waals surface area contributed by atoms with Gasteiger partial charge in [0.25, 0.3) is 0 Å². The Balaban J connectivity index is 0.000000196. The minimum absolute atomic E-state index is 0. The Hall–Kier alpha value is -2.05. The summed E-state index contributed by atoms with van der Waals surface area (Å²) in [7, 11) is 2.17. The number of nitrogens with zero attached hydrogens (tertiary/aromatic N) is 3. The van der Waals surface area contributed by atoms with E-state index < -0.39 is 0 Å². The number of allylic oxidation sites excluding steroid dienone is 2. The van der Waals surface area contributed by atoms with Crippen LogP contribution in [0.15, 0.2) is 84.8 Å². The number of likely N-dealkylation sites (tertiary alicyclic amines) is 1. The molecule has 1 aromatic carbocycles. The van der Waals surface area contributed by atoms with E-state index in [2.05, 4.69) is 70.7 Å². The van der Waals surface area contributed by atoms with Gasteiger partial charge in [0.15, 0.2) is 0 Å². The van der Waals surface area contributed by atoms with Gasteiger partial charge in [0, 0.05) is 36.5 Å². The number of halogens is 1. The maximum atomic E-state index is 12.8. The van der Waals surface area contributed by atoms with Gasteiger partial charge in [-0.25, -0.2) is 4.98 Å². The second-order valence-electron chi connectivity index (χ2n) is 8.86. The molecule has 1 saturated carbocycles. The van der Waals surface area contributed by atoms with Crippen molar-refractivity contribution in [1.82, 2.24) is 15.2 Å². The van der Waals surface area contributed by atoms with Crippen LogP contribution in [-0.2, 0) is 6.54 Å². The molecule has 2 fully saturated rings. The van der Waals surface area contributed by atoms with Crippen molar-refractivity contribution in [2.75, 3.05) is 13.6 Å². The van der Waals surface area contributed by atoms with Crippen LogP contribution in [0.3, 0.4) is 0 Å². The fraction of sp³-hybridized carbons (Fsp3) is 0.379. The topological polar surface area (TPSA) is 40.5 Å². The van der Waals surface area contributed by atoms with Crippen LogP contribution in [0, 0.1) is 12.0 Å². The van der Waals surface area contributed by atoms with Crippen LogP contribution in [0.25, 0.3) is 0 Å². The Morgan fingerprint density at radius 3 is 2.54 bits per heavy atom. The minimum Gasteiger partial charge on any atom is -0.471 e. The summed E-state index contributed by atoms with van der Waals surface area (Å²) >= 11 is 0. The first kappa shape index (κ1) is 29.2. The molecular weight excluding hydrogens is 446 g/mol. The molecule has 1 aromatic heterocycles. The van der Waals surface area contributed by atoms with E-state index >= 15 is 0 Å². The summed E-state index contributed by atoms with van der Waals surface area (Å²) in [5.41, 5.74) is 4.43. The molecule has 1 unspecified atom stereocenters. The molecular formula is C29H36FN4Na. The number of pyridine rings is 1. The summed E-state index contributed by atoms with van der Waals surface area (Å²) in [6.45, 7) is 9.82. The van der Waals surface area contributed by atoms with Gasteiger partial charge in [0.2, 0.25) is 5.95 Å². The van der Waals surface area contributed by atoms with Gasteiger partial charge < -0.3 is 16.4 Å². The molecule has 3 aliphatic rings. The van der Waals surface area contributed by atoms with Crippen molar-refractivity contribution in [3.63, 3.8) is 0 Å². The summed E-state index contributed by atoms with van der Waals surface area (Å²) in [6.07, 6.45) is 14.6. The molecule has 180 valence electrons. The number of hydrogen-bond donors (Lipinski definition) is 1. The molecule has 5 rings (SSSR count). The van der Waals surface area contributed by atoms with Crippen LogP contribution < -0.4 is 34.9 Å². The number of aromatic nitrogens is 1. The van der Waals surface area contributed by atoms with Crippen LogP contribution in [0.2, 0.25) is 0 Å². The van der Waals surface area contributed by atoms with E-state index in [4.69, 9.17) is 0 Å². The molecule has 2 aliphatic heterocycles. The first-order chi connectivity index (χ1) is 16.6. The van der Waals surface area contributed by atoms with E-state index in [-0.39, 0.29) is 35.5 Å². The molecule has 35 heavy (non-hydrogen) atoms. The average molecular weight is 483 g/mol. The Morgan fingerprint density at radius 1 is 1.20 bits per heavy atom. The van der Waals surface area contributed by atoms with Crippen molar-refractivity contribution < 1.29 is 33.9 Å². The van der Waals surface area contributed by atoms with Crippen molar-refractivity contribution in [2.45, 2.75) is 57.0 Å². The number of nitrogens with one attached hydrogen (secondary N) is 1. The zero-order valence-electron chi connectivity index (χ0n) is 21.2. The molecule has 1 atom stereocenters. The van der Waals surface area contributed by atoms with Crippen molar-refractivity contribution in [2.24, 2.45) is 4.99 Å². The second-order valence-corrected chi connectivity index (χ2v) is 8.86. The van der Waals surface area contributed by atoms with Crippen LogP contribution in [0.1, 0.15) is 55.6 Å². The first-order valence-electron chi connectivity index (χ1n) is 12.1. The Labute approximate surface area is 232 Å². The predicted molar refractivity (Wildman–Crippen MR) is 139 cm³/mol. The zero-order chi connectivity index (χ0) is 24.2. The van der Waals surface area contributed by atoms with Crippen LogP contribution in [-0.4, -0.2) is 35.2 Å². The summed E-state index contributed by atoms with van der Waals surface area (Å²) in [4.78, 5) is 9.98. The van der Waals surface area contributed by atoms with Gasteiger partial charge in [-0.2, -0.15) is 10.6 Å². The monoisotopic (exact) mass is 482 g/mol. The number of likely N-dealkylation sites (N-methyl/N-ethyl adjacent to an activating group) is 1. The SMILES string of the molecule is C=C(NCc1ccccc1)C1CCCN1C.C=CCC1=NC=[C-]C1.Fc1ncccc1C1CC1.[Na+]. The maximum absolute atomic E-state index is 12.8. The Morgan fingerprint density at radius 2 is 1.97 bits per heavy atom. The van der Waals surface area contributed by atoms with Crippen LogP contribution >= 0.6 is 0 Å². The minimum atomic E-state index is -0.287. The number of hydrogen-bond acceptors (Lipinski definition) is 4. The second kappa shape index (κ2) is 15.8. The third-order valence-corrected chi connectivity index (χ3v) is 6.11. The largest absolute Gasteiger partial charge is 1.00 e. The molecule has 0 spiro atoms. The van der Waals surface area contributed by atoms with Gasteiger partial charge >= 0.3 is 29.6 Å². The smallest absolute Gasteiger partial charge is 0.471 e. The van der Waals surface area contributed by atoms with E-state index in [1.807, 2.05) is 18.2 Å². The normalized spacial score (nSPS) is 18.2. The first-order valence-corrected chi connectivity index (χ1v) is 12.1. The van der Waals surface area contributed by atoms with Gasteiger partial charge in [-0.05, 0) is 62.5 Å². The zero-order valence-corrected chi connectivity index (χ0v) is 23.2. The van der Waals surface area contributed by atoms with Gasteiger partial charge in [0.1, 0.15) is 0 Å². The molecule has 0 bridgehead atoms. The van der Waals surface area contributed by atoms with E-state index in [0.29, 0.717) is 12.0 Å². The Bertz CT molecular complexity index is 985. The molecule has 3 heterocycles. The molecule has 1 saturated heterocycles. The maximum Gasteiger partial charge on any atom is 1.00 e. The average Bonchev–Trinajstić information content (AvgIpc) is 3.39. The summed E-state index contributed by atoms with van der Waals surface area (Å²) in [6, 6.07) is 14.6. The van der Waals surface area contributed by atoms with E-state index in [1.165, 1.54) is 36.9 Å². The molecule has 0 radical (unpaired) electrons. The summed E-state index contributed by atoms with van der Waals surface area (Å²) < 4.78 is 12.8. The fourth-order valence-electron chi connectivity index (χ4n) is 4.01. The van der Waals surface area contributed by atoms with Gasteiger partial charge in [0.05, 0.1) is 0 Å². The van der Waals surface area contributed by atoms with Crippen LogP contribution in [0.4, 0.5) is 4.39 Å². The molecule has 6 heteroatoms. The molecule has 1 N–H and O–H groups in total. The van der Waals surface area contributed by atoms with Gasteiger partial charge in [-0.1, -0.05) is 49.1 Å². The van der Waals surface area contributed by atoms with Crippen molar-refractivity contribution >= 4 is 5.71 Å². The van der Waals surface area contributed by atoms with E-state index in [1.54, 1.807) is 12.3 Å². The fourth-order valence-corrected chi connectivity index (χ4v) is 4.01. The third kappa shape index (κ3) is 10.2. The molecule has 4 nitrogen and oxygen atoms in total. The van der Waals surface area contributed by atoms with Crippen molar-refractivity contribution in [3.05, 3.63) is 103 Å². The van der Waals surface area contributed by atoms with Gasteiger partial charge in [-0.15, -0.1) is 13.0 Å². The van der Waals surface area contributed by atoms with Crippen molar-refractivity contribution in [1.29, 1.82) is 0 Å². The van der Waals surface area contributed by atoms with E-state index in [9.17, 15) is 4.39 Å². The van der Waals surface area contributed by atoms with E-state index in [0.717, 1.165) is 43.5 Å².